The third-order valence-electron chi connectivity index (χ3n) is 3.88. The first-order chi connectivity index (χ1) is 12.7. The Morgan fingerprint density at radius 3 is 2.48 bits per heavy atom. The van der Waals surface area contributed by atoms with Gasteiger partial charge in [0, 0.05) is 12.6 Å². The van der Waals surface area contributed by atoms with Crippen molar-refractivity contribution in [3.05, 3.63) is 48.0 Å². The van der Waals surface area contributed by atoms with Crippen LogP contribution in [0.1, 0.15) is 33.3 Å². The number of ether oxygens (including phenoxy) is 1. The van der Waals surface area contributed by atoms with Crippen LogP contribution in [-0.2, 0) is 16.1 Å². The molecule has 1 aliphatic heterocycles. The van der Waals surface area contributed by atoms with Gasteiger partial charge in [0.15, 0.2) is 0 Å². The standard InChI is InChI=1S/C20H22N4O3/c1-13(25)24-12-14-9-10-15(21-19(26)27-20(2,3)4)11-17(14)23-22-16-7-5-6-8-18(16)24/h5-11H,12H2,1-4H3,(H,21,26). The molecule has 0 atom stereocenters. The SMILES string of the molecule is CC(=O)N1Cc2ccc(NC(=O)OC(C)(C)C)cc2N=Nc2ccccc21. The predicted molar refractivity (Wildman–Crippen MR) is 104 cm³/mol. The van der Waals surface area contributed by atoms with Crippen LogP contribution < -0.4 is 10.2 Å². The highest BCUT2D eigenvalue weighted by molar-refractivity contribution is 5.95. The van der Waals surface area contributed by atoms with Gasteiger partial charge in [-0.25, -0.2) is 4.79 Å². The number of azo groups is 1. The largest absolute Gasteiger partial charge is 0.444 e. The van der Waals surface area contributed by atoms with Crippen molar-refractivity contribution < 1.29 is 14.3 Å². The lowest BCUT2D eigenvalue weighted by atomic mass is 10.1. The van der Waals surface area contributed by atoms with Crippen molar-refractivity contribution in [2.24, 2.45) is 10.2 Å². The minimum atomic E-state index is -0.584. The van der Waals surface area contributed by atoms with E-state index in [9.17, 15) is 9.59 Å². The van der Waals surface area contributed by atoms with E-state index >= 15 is 0 Å². The van der Waals surface area contributed by atoms with Gasteiger partial charge in [-0.15, -0.1) is 5.11 Å². The highest BCUT2D eigenvalue weighted by atomic mass is 16.6. The van der Waals surface area contributed by atoms with Crippen LogP contribution in [0.2, 0.25) is 0 Å². The summed E-state index contributed by atoms with van der Waals surface area (Å²) in [5.74, 6) is -0.0820. The zero-order valence-electron chi connectivity index (χ0n) is 15.8. The van der Waals surface area contributed by atoms with Gasteiger partial charge in [-0.2, -0.15) is 5.11 Å². The Hall–Kier alpha value is -3.22. The number of hydrogen-bond acceptors (Lipinski definition) is 5. The topological polar surface area (TPSA) is 83.4 Å². The van der Waals surface area contributed by atoms with Crippen molar-refractivity contribution in [1.82, 2.24) is 0 Å². The van der Waals surface area contributed by atoms with E-state index in [1.165, 1.54) is 6.92 Å². The molecule has 0 spiro atoms. The van der Waals surface area contributed by atoms with Crippen molar-refractivity contribution in [1.29, 1.82) is 0 Å². The summed E-state index contributed by atoms with van der Waals surface area (Å²) in [6.07, 6.45) is -0.541. The Labute approximate surface area is 158 Å². The Morgan fingerprint density at radius 1 is 1.07 bits per heavy atom. The first kappa shape index (κ1) is 18.6. The first-order valence-electron chi connectivity index (χ1n) is 8.65. The van der Waals surface area contributed by atoms with Crippen LogP contribution in [-0.4, -0.2) is 17.6 Å². The molecule has 1 N–H and O–H groups in total. The van der Waals surface area contributed by atoms with Crippen LogP contribution in [0.4, 0.5) is 27.5 Å². The summed E-state index contributed by atoms with van der Waals surface area (Å²) in [6.45, 7) is 7.29. The number of rotatable bonds is 1. The molecular formula is C20H22N4O3. The molecule has 3 rings (SSSR count). The molecule has 0 radical (unpaired) electrons. The molecule has 2 amide bonds. The zero-order valence-corrected chi connectivity index (χ0v) is 15.8. The van der Waals surface area contributed by atoms with Crippen LogP contribution in [0.3, 0.4) is 0 Å². The number of para-hydroxylation sites is 1. The Balaban J connectivity index is 1.93. The number of amides is 2. The lowest BCUT2D eigenvalue weighted by Crippen LogP contribution is -2.28. The predicted octanol–water partition coefficient (Wildman–Crippen LogP) is 5.32. The highest BCUT2D eigenvalue weighted by Gasteiger charge is 2.21. The van der Waals surface area contributed by atoms with Gasteiger partial charge in [0.2, 0.25) is 5.91 Å². The van der Waals surface area contributed by atoms with Gasteiger partial charge in [-0.1, -0.05) is 18.2 Å². The lowest BCUT2D eigenvalue weighted by Gasteiger charge is -2.25. The van der Waals surface area contributed by atoms with Gasteiger partial charge in [0.05, 0.1) is 17.9 Å². The molecule has 0 saturated heterocycles. The molecule has 0 unspecified atom stereocenters. The van der Waals surface area contributed by atoms with Crippen molar-refractivity contribution in [2.45, 2.75) is 39.8 Å². The number of carbonyl (C=O) groups excluding carboxylic acids is 2. The van der Waals surface area contributed by atoms with E-state index in [1.54, 1.807) is 37.8 Å². The quantitative estimate of drug-likeness (QED) is 0.742. The average molecular weight is 366 g/mol. The van der Waals surface area contributed by atoms with E-state index in [4.69, 9.17) is 4.74 Å². The second kappa shape index (κ2) is 7.19. The molecule has 2 aromatic carbocycles. The molecule has 27 heavy (non-hydrogen) atoms. The Morgan fingerprint density at radius 2 is 1.78 bits per heavy atom. The van der Waals surface area contributed by atoms with Crippen LogP contribution in [0.25, 0.3) is 0 Å². The molecule has 0 aliphatic carbocycles. The van der Waals surface area contributed by atoms with Crippen LogP contribution in [0, 0.1) is 0 Å². The first-order valence-corrected chi connectivity index (χ1v) is 8.65. The van der Waals surface area contributed by atoms with E-state index in [0.29, 0.717) is 23.6 Å². The van der Waals surface area contributed by atoms with Crippen LogP contribution >= 0.6 is 0 Å². The summed E-state index contributed by atoms with van der Waals surface area (Å²) in [7, 11) is 0. The Bertz CT molecular complexity index is 916. The molecule has 7 heteroatoms. The number of carbonyl (C=O) groups is 2. The number of fused-ring (bicyclic) bond motifs is 2. The second-order valence-electron chi connectivity index (χ2n) is 7.26. The summed E-state index contributed by atoms with van der Waals surface area (Å²) in [5.41, 5.74) is 2.71. The van der Waals surface area contributed by atoms with E-state index in [2.05, 4.69) is 15.5 Å². The molecule has 2 aromatic rings. The van der Waals surface area contributed by atoms with Crippen LogP contribution in [0.5, 0.6) is 0 Å². The van der Waals surface area contributed by atoms with Crippen molar-refractivity contribution in [3.8, 4) is 0 Å². The fraction of sp³-hybridized carbons (Fsp3) is 0.300. The van der Waals surface area contributed by atoms with Gasteiger partial charge >= 0.3 is 6.09 Å². The third kappa shape index (κ3) is 4.49. The summed E-state index contributed by atoms with van der Waals surface area (Å²) in [5, 5.41) is 11.3. The van der Waals surface area contributed by atoms with Crippen molar-refractivity contribution in [3.63, 3.8) is 0 Å². The van der Waals surface area contributed by atoms with Gasteiger partial charge in [0.25, 0.3) is 0 Å². The number of nitrogens with one attached hydrogen (secondary N) is 1. The smallest absolute Gasteiger partial charge is 0.412 e. The normalized spacial score (nSPS) is 13.1. The second-order valence-corrected chi connectivity index (χ2v) is 7.26. The molecule has 7 nitrogen and oxygen atoms in total. The molecule has 0 saturated carbocycles. The maximum Gasteiger partial charge on any atom is 0.412 e. The monoisotopic (exact) mass is 366 g/mol. The van der Waals surface area contributed by atoms with Gasteiger partial charge < -0.3 is 9.64 Å². The van der Waals surface area contributed by atoms with E-state index in [0.717, 1.165) is 11.3 Å². The minimum Gasteiger partial charge on any atom is -0.444 e. The lowest BCUT2D eigenvalue weighted by molar-refractivity contribution is -0.116. The fourth-order valence-corrected chi connectivity index (χ4v) is 2.71. The molecule has 0 aromatic heterocycles. The number of benzene rings is 2. The van der Waals surface area contributed by atoms with Crippen molar-refractivity contribution >= 4 is 34.7 Å². The molecule has 140 valence electrons. The van der Waals surface area contributed by atoms with Gasteiger partial charge in [-0.3, -0.25) is 10.1 Å². The summed E-state index contributed by atoms with van der Waals surface area (Å²) in [4.78, 5) is 25.8. The Kier molecular flexibility index (Phi) is 4.94. The van der Waals surface area contributed by atoms with Crippen LogP contribution in [0.15, 0.2) is 52.7 Å². The fourth-order valence-electron chi connectivity index (χ4n) is 2.71. The molecular weight excluding hydrogens is 344 g/mol. The summed E-state index contributed by atoms with van der Waals surface area (Å²) in [6, 6.07) is 12.7. The molecule has 0 bridgehead atoms. The minimum absolute atomic E-state index is 0.0820. The number of hydrogen-bond donors (Lipinski definition) is 1. The van der Waals surface area contributed by atoms with Gasteiger partial charge in [-0.05, 0) is 50.6 Å². The average Bonchev–Trinajstić information content (AvgIpc) is 2.55. The number of nitrogens with zero attached hydrogens (tertiary/aromatic N) is 3. The maximum absolute atomic E-state index is 12.2. The highest BCUT2D eigenvalue weighted by Crippen LogP contribution is 2.36. The third-order valence-corrected chi connectivity index (χ3v) is 3.88. The van der Waals surface area contributed by atoms with E-state index in [1.807, 2.05) is 30.3 Å². The van der Waals surface area contributed by atoms with Gasteiger partial charge in [0.1, 0.15) is 11.3 Å². The molecule has 1 heterocycles. The maximum atomic E-state index is 12.2. The number of anilines is 2. The van der Waals surface area contributed by atoms with E-state index in [-0.39, 0.29) is 5.91 Å². The summed E-state index contributed by atoms with van der Waals surface area (Å²) >= 11 is 0. The van der Waals surface area contributed by atoms with Crippen molar-refractivity contribution in [2.75, 3.05) is 10.2 Å². The van der Waals surface area contributed by atoms with E-state index < -0.39 is 11.7 Å². The zero-order chi connectivity index (χ0) is 19.6. The summed E-state index contributed by atoms with van der Waals surface area (Å²) < 4.78 is 5.27. The molecule has 0 fully saturated rings. The molecule has 1 aliphatic rings.